The number of anilines is 1. The zero-order valence-corrected chi connectivity index (χ0v) is 10.3. The van der Waals surface area contributed by atoms with E-state index in [1.807, 2.05) is 24.3 Å². The molecule has 0 radical (unpaired) electrons. The average molecular weight is 266 g/mol. The molecule has 1 aromatic carbocycles. The highest BCUT2D eigenvalue weighted by Gasteiger charge is 2.01. The van der Waals surface area contributed by atoms with Gasteiger partial charge in [-0.05, 0) is 28.4 Å². The van der Waals surface area contributed by atoms with Gasteiger partial charge in [-0.3, -0.25) is 4.79 Å². The minimum atomic E-state index is -0.312. The lowest BCUT2D eigenvalue weighted by molar-refractivity contribution is -0.111. The Balaban J connectivity index is 2.81. The molecule has 2 nitrogen and oxygen atoms in total. The molecule has 0 aromatic heterocycles. The third-order valence-corrected chi connectivity index (χ3v) is 2.17. The van der Waals surface area contributed by atoms with E-state index in [1.54, 1.807) is 0 Å². The Bertz CT molecular complexity index is 415. The molecule has 78 valence electrons. The molecule has 0 aliphatic rings. The maximum atomic E-state index is 11.2. The van der Waals surface area contributed by atoms with Crippen LogP contribution in [0.5, 0.6) is 0 Å². The lowest BCUT2D eigenvalue weighted by atomic mass is 10.0. The van der Waals surface area contributed by atoms with Crippen molar-refractivity contribution >= 4 is 27.5 Å². The SMILES string of the molecule is CC(C)c1cccc(NC(=O)C#CBr)c1. The van der Waals surface area contributed by atoms with Crippen LogP contribution in [0.15, 0.2) is 24.3 Å². The molecule has 1 amide bonds. The summed E-state index contributed by atoms with van der Waals surface area (Å²) in [5.41, 5.74) is 1.97. The molecular weight excluding hydrogens is 254 g/mol. The summed E-state index contributed by atoms with van der Waals surface area (Å²) < 4.78 is 0. The van der Waals surface area contributed by atoms with E-state index < -0.39 is 0 Å². The Morgan fingerprint density at radius 3 is 2.80 bits per heavy atom. The molecule has 0 saturated carbocycles. The van der Waals surface area contributed by atoms with Crippen molar-refractivity contribution in [1.29, 1.82) is 0 Å². The highest BCUT2D eigenvalue weighted by molar-refractivity contribution is 9.12. The monoisotopic (exact) mass is 265 g/mol. The van der Waals surface area contributed by atoms with Crippen molar-refractivity contribution in [2.45, 2.75) is 19.8 Å². The molecule has 1 aromatic rings. The zero-order valence-electron chi connectivity index (χ0n) is 8.67. The summed E-state index contributed by atoms with van der Waals surface area (Å²) in [5.74, 6) is 2.50. The third-order valence-electron chi connectivity index (χ3n) is 1.97. The van der Waals surface area contributed by atoms with E-state index in [1.165, 1.54) is 5.56 Å². The molecule has 0 atom stereocenters. The van der Waals surface area contributed by atoms with Crippen molar-refractivity contribution in [3.05, 3.63) is 29.8 Å². The third kappa shape index (κ3) is 3.77. The van der Waals surface area contributed by atoms with Crippen LogP contribution in [0.2, 0.25) is 0 Å². The maximum absolute atomic E-state index is 11.2. The summed E-state index contributed by atoms with van der Waals surface area (Å²) in [6.45, 7) is 4.22. The summed E-state index contributed by atoms with van der Waals surface area (Å²) in [4.78, 5) is 13.6. The van der Waals surface area contributed by atoms with Crippen molar-refractivity contribution in [1.82, 2.24) is 0 Å². The first kappa shape index (κ1) is 11.8. The summed E-state index contributed by atoms with van der Waals surface area (Å²) in [5, 5.41) is 2.70. The first-order valence-corrected chi connectivity index (χ1v) is 5.45. The van der Waals surface area contributed by atoms with E-state index in [2.05, 4.69) is 45.8 Å². The molecule has 0 bridgehead atoms. The van der Waals surface area contributed by atoms with Gasteiger partial charge in [0, 0.05) is 27.5 Å². The summed E-state index contributed by atoms with van der Waals surface area (Å²) in [6.07, 6.45) is 0. The van der Waals surface area contributed by atoms with E-state index in [9.17, 15) is 4.79 Å². The molecule has 3 heteroatoms. The molecule has 1 rings (SSSR count). The van der Waals surface area contributed by atoms with Crippen LogP contribution in [0.3, 0.4) is 0 Å². The minimum Gasteiger partial charge on any atom is -0.315 e. The van der Waals surface area contributed by atoms with Crippen LogP contribution in [0, 0.1) is 10.8 Å². The van der Waals surface area contributed by atoms with Crippen LogP contribution < -0.4 is 5.32 Å². The predicted octanol–water partition coefficient (Wildman–Crippen LogP) is 3.10. The number of carbonyl (C=O) groups is 1. The van der Waals surface area contributed by atoms with Crippen molar-refractivity contribution in [3.8, 4) is 10.8 Å². The number of halogens is 1. The number of amides is 1. The summed E-state index contributed by atoms with van der Waals surface area (Å²) in [7, 11) is 0. The number of hydrogen-bond acceptors (Lipinski definition) is 1. The number of carbonyl (C=O) groups excluding carboxylic acids is 1. The van der Waals surface area contributed by atoms with Gasteiger partial charge in [-0.25, -0.2) is 0 Å². The van der Waals surface area contributed by atoms with Crippen LogP contribution >= 0.6 is 15.9 Å². The molecule has 0 aliphatic heterocycles. The van der Waals surface area contributed by atoms with Crippen LogP contribution in [0.25, 0.3) is 0 Å². The second-order valence-corrected chi connectivity index (χ2v) is 3.85. The lowest BCUT2D eigenvalue weighted by Crippen LogP contribution is -2.08. The molecule has 0 fully saturated rings. The molecule has 15 heavy (non-hydrogen) atoms. The molecular formula is C12H12BrNO. The number of rotatable bonds is 2. The van der Waals surface area contributed by atoms with Crippen molar-refractivity contribution < 1.29 is 4.79 Å². The van der Waals surface area contributed by atoms with Gasteiger partial charge in [0.25, 0.3) is 0 Å². The van der Waals surface area contributed by atoms with Crippen LogP contribution in [0.1, 0.15) is 25.3 Å². The van der Waals surface area contributed by atoms with Crippen molar-refractivity contribution in [2.24, 2.45) is 0 Å². The molecule has 0 saturated heterocycles. The van der Waals surface area contributed by atoms with Crippen molar-refractivity contribution in [2.75, 3.05) is 5.32 Å². The van der Waals surface area contributed by atoms with Gasteiger partial charge in [0.05, 0.1) is 0 Å². The highest BCUT2D eigenvalue weighted by Crippen LogP contribution is 2.18. The largest absolute Gasteiger partial charge is 0.315 e. The number of hydrogen-bond donors (Lipinski definition) is 1. The fraction of sp³-hybridized carbons (Fsp3) is 0.250. The molecule has 0 unspecified atom stereocenters. The van der Waals surface area contributed by atoms with Gasteiger partial charge >= 0.3 is 5.91 Å². The lowest BCUT2D eigenvalue weighted by Gasteiger charge is -2.07. The Labute approximate surface area is 98.2 Å². The fourth-order valence-electron chi connectivity index (χ4n) is 1.18. The van der Waals surface area contributed by atoms with Gasteiger partial charge in [-0.1, -0.05) is 26.0 Å². The minimum absolute atomic E-state index is 0.312. The zero-order chi connectivity index (χ0) is 11.3. The predicted molar refractivity (Wildman–Crippen MR) is 65.9 cm³/mol. The van der Waals surface area contributed by atoms with Gasteiger partial charge < -0.3 is 5.32 Å². The summed E-state index contributed by atoms with van der Waals surface area (Å²) in [6, 6.07) is 7.77. The van der Waals surface area contributed by atoms with Crippen LogP contribution in [0.4, 0.5) is 5.69 Å². The van der Waals surface area contributed by atoms with E-state index in [0.717, 1.165) is 5.69 Å². The first-order valence-electron chi connectivity index (χ1n) is 4.66. The fourth-order valence-corrected chi connectivity index (χ4v) is 1.36. The van der Waals surface area contributed by atoms with Gasteiger partial charge in [0.2, 0.25) is 0 Å². The molecule has 0 spiro atoms. The highest BCUT2D eigenvalue weighted by atomic mass is 79.9. The van der Waals surface area contributed by atoms with Crippen LogP contribution in [-0.2, 0) is 4.79 Å². The Morgan fingerprint density at radius 1 is 1.47 bits per heavy atom. The van der Waals surface area contributed by atoms with Gasteiger partial charge in [-0.2, -0.15) is 0 Å². The Kier molecular flexibility index (Phi) is 4.38. The van der Waals surface area contributed by atoms with Crippen LogP contribution in [-0.4, -0.2) is 5.91 Å². The smallest absolute Gasteiger partial charge is 0.301 e. The second-order valence-electron chi connectivity index (χ2n) is 3.45. The molecule has 0 heterocycles. The number of benzene rings is 1. The van der Waals surface area contributed by atoms with E-state index in [-0.39, 0.29) is 5.91 Å². The molecule has 1 N–H and O–H groups in total. The van der Waals surface area contributed by atoms with E-state index in [4.69, 9.17) is 0 Å². The Hall–Kier alpha value is -1.27. The topological polar surface area (TPSA) is 29.1 Å². The number of nitrogens with one attached hydrogen (secondary N) is 1. The van der Waals surface area contributed by atoms with Gasteiger partial charge in [0.15, 0.2) is 0 Å². The van der Waals surface area contributed by atoms with E-state index in [0.29, 0.717) is 5.92 Å². The van der Waals surface area contributed by atoms with Gasteiger partial charge in [-0.15, -0.1) is 0 Å². The average Bonchev–Trinajstić information content (AvgIpc) is 2.18. The first-order chi connectivity index (χ1) is 7.13. The summed E-state index contributed by atoms with van der Waals surface area (Å²) >= 11 is 2.88. The Morgan fingerprint density at radius 2 is 2.20 bits per heavy atom. The standard InChI is InChI=1S/C12H12BrNO/c1-9(2)10-4-3-5-11(8-10)14-12(15)6-7-13/h3-5,8-9H,1-2H3,(H,14,15). The quantitative estimate of drug-likeness (QED) is 0.819. The second kappa shape index (κ2) is 5.57. The van der Waals surface area contributed by atoms with Gasteiger partial charge in [0.1, 0.15) is 0 Å². The molecule has 0 aliphatic carbocycles. The van der Waals surface area contributed by atoms with E-state index >= 15 is 0 Å². The maximum Gasteiger partial charge on any atom is 0.301 e. The normalized spacial score (nSPS) is 9.33. The van der Waals surface area contributed by atoms with Crippen molar-refractivity contribution in [3.63, 3.8) is 0 Å².